The van der Waals surface area contributed by atoms with Crippen molar-refractivity contribution in [3.05, 3.63) is 40.6 Å². The number of rotatable bonds is 7. The lowest BCUT2D eigenvalue weighted by Gasteiger charge is -2.27. The molecule has 6 nitrogen and oxygen atoms in total. The van der Waals surface area contributed by atoms with Gasteiger partial charge in [0, 0.05) is 23.5 Å². The summed E-state index contributed by atoms with van der Waals surface area (Å²) in [6.45, 7) is 6.55. The Morgan fingerprint density at radius 3 is 2.93 bits per heavy atom. The van der Waals surface area contributed by atoms with Crippen LogP contribution in [0.3, 0.4) is 0 Å². The number of nitrogens with zero attached hydrogens (tertiary/aromatic N) is 3. The van der Waals surface area contributed by atoms with Crippen LogP contribution in [0.5, 0.6) is 5.75 Å². The van der Waals surface area contributed by atoms with E-state index in [2.05, 4.69) is 9.97 Å². The summed E-state index contributed by atoms with van der Waals surface area (Å²) in [7, 11) is 0. The quantitative estimate of drug-likeness (QED) is 0.676. The Balaban J connectivity index is 1.68. The number of Topliss-reactive ketones (excluding diaryl/α,β-unsaturated/α-hetero) is 1. The van der Waals surface area contributed by atoms with Gasteiger partial charge >= 0.3 is 0 Å². The second-order valence-electron chi connectivity index (χ2n) is 7.38. The lowest BCUT2D eigenvalue weighted by atomic mass is 9.84. The predicted molar refractivity (Wildman–Crippen MR) is 103 cm³/mol. The molecule has 0 aliphatic carbocycles. The number of pyridine rings is 1. The van der Waals surface area contributed by atoms with E-state index in [1.165, 1.54) is 11.3 Å². The smallest absolute Gasteiger partial charge is 0.291 e. The van der Waals surface area contributed by atoms with Gasteiger partial charge in [0.2, 0.25) is 5.78 Å². The summed E-state index contributed by atoms with van der Waals surface area (Å²) in [5, 5.41) is 2.82. The molecule has 0 radical (unpaired) electrons. The number of aromatic nitrogens is 2. The molecule has 1 amide bonds. The van der Waals surface area contributed by atoms with E-state index in [9.17, 15) is 9.59 Å². The van der Waals surface area contributed by atoms with Crippen LogP contribution in [0.2, 0.25) is 0 Å². The molecule has 0 spiro atoms. The highest BCUT2D eigenvalue weighted by atomic mass is 32.1. The maximum absolute atomic E-state index is 12.8. The average molecular weight is 388 g/mol. The molecule has 2 aromatic heterocycles. The Morgan fingerprint density at radius 2 is 2.22 bits per heavy atom. The van der Waals surface area contributed by atoms with Crippen LogP contribution in [0.1, 0.15) is 56.8 Å². The molecule has 1 unspecified atom stereocenters. The first-order valence-corrected chi connectivity index (χ1v) is 10.1. The molecule has 2 aromatic rings. The Bertz CT molecular complexity index is 804. The van der Waals surface area contributed by atoms with Gasteiger partial charge in [0.1, 0.15) is 17.4 Å². The van der Waals surface area contributed by atoms with Gasteiger partial charge in [-0.25, -0.2) is 4.98 Å². The minimum absolute atomic E-state index is 0.119. The molecule has 3 heterocycles. The molecule has 27 heavy (non-hydrogen) atoms. The zero-order valence-corrected chi connectivity index (χ0v) is 16.8. The fraction of sp³-hybridized carbons (Fsp3) is 0.500. The van der Waals surface area contributed by atoms with E-state index in [1.807, 2.05) is 38.3 Å². The molecular formula is C20H25N3O3S. The largest absolute Gasteiger partial charge is 0.486 e. The molecule has 1 saturated heterocycles. The molecular weight excluding hydrogens is 362 g/mol. The van der Waals surface area contributed by atoms with Gasteiger partial charge in [-0.1, -0.05) is 20.8 Å². The molecule has 0 aromatic carbocycles. The lowest BCUT2D eigenvalue weighted by molar-refractivity contribution is -0.149. The Kier molecular flexibility index (Phi) is 5.89. The van der Waals surface area contributed by atoms with E-state index in [0.717, 1.165) is 23.5 Å². The van der Waals surface area contributed by atoms with Crippen molar-refractivity contribution in [1.82, 2.24) is 14.9 Å². The number of hydrogen-bond acceptors (Lipinski definition) is 6. The van der Waals surface area contributed by atoms with Crippen molar-refractivity contribution in [2.45, 2.75) is 52.7 Å². The summed E-state index contributed by atoms with van der Waals surface area (Å²) in [6, 6.07) is 3.54. The number of ether oxygens (including phenoxy) is 1. The zero-order valence-electron chi connectivity index (χ0n) is 16.0. The number of ketones is 1. The van der Waals surface area contributed by atoms with Crippen LogP contribution >= 0.6 is 11.3 Å². The summed E-state index contributed by atoms with van der Waals surface area (Å²) >= 11 is 1.52. The van der Waals surface area contributed by atoms with Crippen LogP contribution in [0.15, 0.2) is 29.9 Å². The maximum atomic E-state index is 12.8. The molecule has 7 heteroatoms. The zero-order chi connectivity index (χ0) is 19.4. The van der Waals surface area contributed by atoms with E-state index < -0.39 is 5.41 Å². The van der Waals surface area contributed by atoms with Crippen LogP contribution in [0, 0.1) is 5.41 Å². The number of thiazole rings is 1. The van der Waals surface area contributed by atoms with E-state index in [-0.39, 0.29) is 17.7 Å². The van der Waals surface area contributed by atoms with Crippen molar-refractivity contribution in [1.29, 1.82) is 0 Å². The predicted octanol–water partition coefficient (Wildman–Crippen LogP) is 3.79. The highest BCUT2D eigenvalue weighted by Crippen LogP contribution is 2.35. The van der Waals surface area contributed by atoms with Crippen LogP contribution in [-0.4, -0.2) is 33.1 Å². The van der Waals surface area contributed by atoms with E-state index in [4.69, 9.17) is 4.74 Å². The minimum Gasteiger partial charge on any atom is -0.486 e. The van der Waals surface area contributed by atoms with Gasteiger partial charge in [0.25, 0.3) is 5.91 Å². The maximum Gasteiger partial charge on any atom is 0.291 e. The summed E-state index contributed by atoms with van der Waals surface area (Å²) < 4.78 is 5.69. The monoisotopic (exact) mass is 387 g/mol. The molecule has 3 rings (SSSR count). The number of carbonyl (C=O) groups excluding carboxylic acids is 2. The van der Waals surface area contributed by atoms with Gasteiger partial charge in [-0.05, 0) is 31.4 Å². The summed E-state index contributed by atoms with van der Waals surface area (Å²) in [6.07, 6.45) is 5.72. The van der Waals surface area contributed by atoms with Gasteiger partial charge in [-0.2, -0.15) is 0 Å². The van der Waals surface area contributed by atoms with E-state index in [0.29, 0.717) is 25.3 Å². The Labute approximate surface area is 163 Å². The van der Waals surface area contributed by atoms with Gasteiger partial charge < -0.3 is 9.64 Å². The number of amides is 1. The van der Waals surface area contributed by atoms with Crippen molar-refractivity contribution in [3.63, 3.8) is 0 Å². The molecule has 1 aliphatic rings. The molecule has 0 N–H and O–H groups in total. The third-order valence-corrected chi connectivity index (χ3v) is 6.08. The minimum atomic E-state index is -0.629. The fourth-order valence-corrected chi connectivity index (χ4v) is 3.93. The average Bonchev–Trinajstić information content (AvgIpc) is 3.35. The first-order valence-electron chi connectivity index (χ1n) is 9.25. The van der Waals surface area contributed by atoms with Gasteiger partial charge in [0.15, 0.2) is 0 Å². The second-order valence-corrected chi connectivity index (χ2v) is 8.27. The standard InChI is InChI=1S/C20H25N3O3S/c1-4-20(2,3)17(24)19(25)23-10-6-8-16(23)18-22-14(13-27-18)12-26-15-7-5-9-21-11-15/h5,7,9,11,13,16H,4,6,8,10,12H2,1-3H3. The van der Waals surface area contributed by atoms with Crippen LogP contribution < -0.4 is 4.74 Å². The number of hydrogen-bond donors (Lipinski definition) is 0. The molecule has 0 saturated carbocycles. The van der Waals surface area contributed by atoms with E-state index in [1.54, 1.807) is 17.3 Å². The highest BCUT2D eigenvalue weighted by molar-refractivity contribution is 7.09. The first kappa shape index (κ1) is 19.5. The summed E-state index contributed by atoms with van der Waals surface area (Å²) in [4.78, 5) is 35.7. The normalized spacial score (nSPS) is 17.1. The third kappa shape index (κ3) is 4.35. The summed E-state index contributed by atoms with van der Waals surface area (Å²) in [5.74, 6) is -0.00147. The van der Waals surface area contributed by atoms with Crippen molar-refractivity contribution in [2.24, 2.45) is 5.41 Å². The van der Waals surface area contributed by atoms with Gasteiger partial charge in [-0.3, -0.25) is 14.6 Å². The van der Waals surface area contributed by atoms with Crippen molar-refractivity contribution < 1.29 is 14.3 Å². The van der Waals surface area contributed by atoms with Gasteiger partial charge in [-0.15, -0.1) is 11.3 Å². The molecule has 1 fully saturated rings. The van der Waals surface area contributed by atoms with Crippen molar-refractivity contribution in [3.8, 4) is 5.75 Å². The first-order chi connectivity index (χ1) is 12.9. The second kappa shape index (κ2) is 8.17. The topological polar surface area (TPSA) is 72.4 Å². The Morgan fingerprint density at radius 1 is 1.41 bits per heavy atom. The van der Waals surface area contributed by atoms with Crippen molar-refractivity contribution in [2.75, 3.05) is 6.54 Å². The summed E-state index contributed by atoms with van der Waals surface area (Å²) in [5.41, 5.74) is 0.189. The molecule has 0 bridgehead atoms. The van der Waals surface area contributed by atoms with Crippen LogP contribution in [0.25, 0.3) is 0 Å². The van der Waals surface area contributed by atoms with Crippen LogP contribution in [-0.2, 0) is 16.2 Å². The van der Waals surface area contributed by atoms with Crippen molar-refractivity contribution >= 4 is 23.0 Å². The highest BCUT2D eigenvalue weighted by Gasteiger charge is 2.40. The molecule has 144 valence electrons. The van der Waals surface area contributed by atoms with Crippen LogP contribution in [0.4, 0.5) is 0 Å². The van der Waals surface area contributed by atoms with Gasteiger partial charge in [0.05, 0.1) is 17.9 Å². The lowest BCUT2D eigenvalue weighted by Crippen LogP contribution is -2.42. The number of carbonyl (C=O) groups is 2. The number of likely N-dealkylation sites (tertiary alicyclic amines) is 1. The molecule has 1 aliphatic heterocycles. The Hall–Kier alpha value is -2.28. The fourth-order valence-electron chi connectivity index (χ4n) is 2.98. The third-order valence-electron chi connectivity index (χ3n) is 5.08. The SMILES string of the molecule is CCC(C)(C)C(=O)C(=O)N1CCCC1c1nc(COc2cccnc2)cs1. The molecule has 1 atom stereocenters. The van der Waals surface area contributed by atoms with E-state index >= 15 is 0 Å².